The van der Waals surface area contributed by atoms with Gasteiger partial charge in [0.05, 0.1) is 16.5 Å². The number of nitrogens with zero attached hydrogens (tertiary/aromatic N) is 1. The van der Waals surface area contributed by atoms with Crippen LogP contribution in [0.25, 0.3) is 21.0 Å². The summed E-state index contributed by atoms with van der Waals surface area (Å²) in [4.78, 5) is 6.46. The summed E-state index contributed by atoms with van der Waals surface area (Å²) < 4.78 is 0. The molecule has 1 aromatic heterocycles. The molecular weight excluding hydrogens is 382 g/mol. The van der Waals surface area contributed by atoms with E-state index in [9.17, 15) is 0 Å². The minimum atomic E-state index is 0.0799. The van der Waals surface area contributed by atoms with Crippen molar-refractivity contribution in [3.05, 3.63) is 138 Å². The molecule has 1 nitrogen and oxygen atoms in total. The third kappa shape index (κ3) is 3.70. The van der Waals surface area contributed by atoms with Gasteiger partial charge in [0.25, 0.3) is 0 Å². The first-order valence-electron chi connectivity index (χ1n) is 10.1. The zero-order valence-corrected chi connectivity index (χ0v) is 17.3. The highest BCUT2D eigenvalue weighted by Crippen LogP contribution is 2.43. The normalized spacial score (nSPS) is 11.0. The van der Waals surface area contributed by atoms with Gasteiger partial charge in [-0.1, -0.05) is 121 Å². The second-order valence-electron chi connectivity index (χ2n) is 7.22. The van der Waals surface area contributed by atoms with Gasteiger partial charge in [-0.2, -0.15) is 0 Å². The molecule has 144 valence electrons. The monoisotopic (exact) mass is 403 g/mol. The van der Waals surface area contributed by atoms with E-state index < -0.39 is 0 Å². The summed E-state index contributed by atoms with van der Waals surface area (Å²) in [5.41, 5.74) is 5.99. The largest absolute Gasteiger partial charge is 0.239 e. The lowest BCUT2D eigenvalue weighted by Crippen LogP contribution is -2.05. The van der Waals surface area contributed by atoms with Crippen molar-refractivity contribution in [1.29, 1.82) is 0 Å². The van der Waals surface area contributed by atoms with Gasteiger partial charge in [0.2, 0.25) is 0 Å². The molecule has 1 heterocycles. The van der Waals surface area contributed by atoms with Crippen LogP contribution < -0.4 is 0 Å². The molecule has 0 radical (unpaired) electrons. The molecule has 2 heteroatoms. The quantitative estimate of drug-likeness (QED) is 0.293. The van der Waals surface area contributed by atoms with Crippen LogP contribution in [0, 0.1) is 0 Å². The molecule has 0 aliphatic carbocycles. The van der Waals surface area contributed by atoms with Crippen molar-refractivity contribution in [3.8, 4) is 21.0 Å². The first-order valence-corrected chi connectivity index (χ1v) is 10.9. The van der Waals surface area contributed by atoms with Crippen LogP contribution in [0.4, 0.5) is 0 Å². The summed E-state index contributed by atoms with van der Waals surface area (Å²) in [5.74, 6) is 0.0799. The molecule has 0 bridgehead atoms. The summed E-state index contributed by atoms with van der Waals surface area (Å²) in [6, 6.07) is 42.5. The minimum Gasteiger partial charge on any atom is -0.239 e. The molecule has 0 aliphatic rings. The maximum absolute atomic E-state index is 5.23. The van der Waals surface area contributed by atoms with E-state index in [-0.39, 0.29) is 5.92 Å². The van der Waals surface area contributed by atoms with Crippen LogP contribution in [0.2, 0.25) is 0 Å². The van der Waals surface area contributed by atoms with Crippen LogP contribution in [-0.4, -0.2) is 4.98 Å². The second kappa shape index (κ2) is 8.48. The number of hydrogen-bond acceptors (Lipinski definition) is 2. The zero-order chi connectivity index (χ0) is 20.2. The van der Waals surface area contributed by atoms with E-state index in [1.54, 1.807) is 11.3 Å². The van der Waals surface area contributed by atoms with Gasteiger partial charge in [-0.25, -0.2) is 4.98 Å². The molecule has 0 spiro atoms. The number of hydrogen-bond donors (Lipinski definition) is 0. The molecule has 0 N–H and O–H groups in total. The van der Waals surface area contributed by atoms with Gasteiger partial charge in [-0.3, -0.25) is 0 Å². The van der Waals surface area contributed by atoms with Gasteiger partial charge >= 0.3 is 0 Å². The van der Waals surface area contributed by atoms with E-state index in [4.69, 9.17) is 4.98 Å². The third-order valence-electron chi connectivity index (χ3n) is 5.25. The summed E-state index contributed by atoms with van der Waals surface area (Å²) >= 11 is 1.77. The molecule has 4 aromatic carbocycles. The van der Waals surface area contributed by atoms with E-state index in [1.165, 1.54) is 21.6 Å². The van der Waals surface area contributed by atoms with Crippen LogP contribution in [0.5, 0.6) is 0 Å². The molecule has 0 atom stereocenters. The zero-order valence-electron chi connectivity index (χ0n) is 16.5. The van der Waals surface area contributed by atoms with Crippen molar-refractivity contribution < 1.29 is 0 Å². The van der Waals surface area contributed by atoms with Crippen molar-refractivity contribution in [3.63, 3.8) is 0 Å². The molecule has 0 amide bonds. The van der Waals surface area contributed by atoms with Crippen molar-refractivity contribution in [2.24, 2.45) is 0 Å². The highest BCUT2D eigenvalue weighted by atomic mass is 32.1. The molecule has 0 saturated carbocycles. The van der Waals surface area contributed by atoms with Crippen LogP contribution in [0.15, 0.2) is 121 Å². The Hall–Kier alpha value is -3.49. The summed E-state index contributed by atoms with van der Waals surface area (Å²) in [5, 5.41) is 1.06. The van der Waals surface area contributed by atoms with Gasteiger partial charge in [-0.05, 0) is 16.7 Å². The average molecular weight is 404 g/mol. The predicted molar refractivity (Wildman–Crippen MR) is 127 cm³/mol. The SMILES string of the molecule is c1ccc(-c2nc(C(c3ccccc3)c3ccccc3)c(-c3ccccc3)s2)cc1. The molecule has 5 rings (SSSR count). The van der Waals surface area contributed by atoms with Crippen LogP contribution in [0.3, 0.4) is 0 Å². The summed E-state index contributed by atoms with van der Waals surface area (Å²) in [6.07, 6.45) is 0. The van der Waals surface area contributed by atoms with Crippen LogP contribution in [-0.2, 0) is 0 Å². The molecule has 0 aliphatic heterocycles. The van der Waals surface area contributed by atoms with Crippen molar-refractivity contribution in [1.82, 2.24) is 4.98 Å². The van der Waals surface area contributed by atoms with Gasteiger partial charge in [0.1, 0.15) is 5.01 Å². The van der Waals surface area contributed by atoms with Crippen molar-refractivity contribution in [2.75, 3.05) is 0 Å². The van der Waals surface area contributed by atoms with E-state index in [1.807, 2.05) is 6.07 Å². The van der Waals surface area contributed by atoms with Crippen molar-refractivity contribution in [2.45, 2.75) is 5.92 Å². The lowest BCUT2D eigenvalue weighted by molar-refractivity contribution is 0.937. The van der Waals surface area contributed by atoms with Gasteiger partial charge in [0.15, 0.2) is 0 Å². The maximum Gasteiger partial charge on any atom is 0.124 e. The second-order valence-corrected chi connectivity index (χ2v) is 8.22. The standard InChI is InChI=1S/C28H21NS/c1-5-13-21(14-6-1)25(22-15-7-2-8-16-22)26-27(23-17-9-3-10-18-23)30-28(29-26)24-19-11-4-12-20-24/h1-20,25H. The smallest absolute Gasteiger partial charge is 0.124 e. The molecular formula is C28H21NS. The average Bonchev–Trinajstić information content (AvgIpc) is 3.27. The number of thiazole rings is 1. The highest BCUT2D eigenvalue weighted by molar-refractivity contribution is 7.18. The van der Waals surface area contributed by atoms with Gasteiger partial charge in [-0.15, -0.1) is 11.3 Å². The van der Waals surface area contributed by atoms with E-state index >= 15 is 0 Å². The fourth-order valence-electron chi connectivity index (χ4n) is 3.83. The minimum absolute atomic E-state index is 0.0799. The number of rotatable bonds is 5. The van der Waals surface area contributed by atoms with Gasteiger partial charge in [0, 0.05) is 5.56 Å². The van der Waals surface area contributed by atoms with Crippen LogP contribution in [0.1, 0.15) is 22.7 Å². The Bertz CT molecular complexity index is 1170. The fraction of sp³-hybridized carbons (Fsp3) is 0.0357. The molecule has 0 fully saturated rings. The maximum atomic E-state index is 5.23. The molecule has 0 saturated heterocycles. The Morgan fingerprint density at radius 2 is 0.933 bits per heavy atom. The molecule has 0 unspecified atom stereocenters. The highest BCUT2D eigenvalue weighted by Gasteiger charge is 2.25. The first kappa shape index (κ1) is 18.5. The van der Waals surface area contributed by atoms with Crippen LogP contribution >= 0.6 is 11.3 Å². The molecule has 30 heavy (non-hydrogen) atoms. The summed E-state index contributed by atoms with van der Waals surface area (Å²) in [7, 11) is 0. The predicted octanol–water partition coefficient (Wildman–Crippen LogP) is 7.66. The summed E-state index contributed by atoms with van der Waals surface area (Å²) in [6.45, 7) is 0. The Balaban J connectivity index is 1.75. The number of aromatic nitrogens is 1. The fourth-order valence-corrected chi connectivity index (χ4v) is 4.94. The Labute approximate surface area is 181 Å². The third-order valence-corrected chi connectivity index (χ3v) is 6.42. The Morgan fingerprint density at radius 1 is 0.500 bits per heavy atom. The first-order chi connectivity index (χ1) is 14.9. The Morgan fingerprint density at radius 3 is 1.43 bits per heavy atom. The lowest BCUT2D eigenvalue weighted by Gasteiger charge is -2.18. The topological polar surface area (TPSA) is 12.9 Å². The van der Waals surface area contributed by atoms with Gasteiger partial charge < -0.3 is 0 Å². The number of benzene rings is 4. The molecule has 5 aromatic rings. The lowest BCUT2D eigenvalue weighted by atomic mass is 9.87. The Kier molecular flexibility index (Phi) is 5.24. The van der Waals surface area contributed by atoms with E-state index in [0.717, 1.165) is 16.3 Å². The van der Waals surface area contributed by atoms with E-state index in [0.29, 0.717) is 0 Å². The van der Waals surface area contributed by atoms with Crippen molar-refractivity contribution >= 4 is 11.3 Å². The van der Waals surface area contributed by atoms with E-state index in [2.05, 4.69) is 115 Å².